The fraction of sp³-hybridized carbons (Fsp3) is 0.150. The van der Waals surface area contributed by atoms with Gasteiger partial charge in [0.1, 0.15) is 17.3 Å². The minimum Gasteiger partial charge on any atom is -0.495 e. The number of nitrogens with zero attached hydrogens (tertiary/aromatic N) is 2. The maximum atomic E-state index is 13.0. The van der Waals surface area contributed by atoms with Crippen LogP contribution in [0.2, 0.25) is 0 Å². The number of carbonyl (C=O) groups is 2. The van der Waals surface area contributed by atoms with E-state index >= 15 is 0 Å². The second-order valence-electron chi connectivity index (χ2n) is 6.36. The highest BCUT2D eigenvalue weighted by Crippen LogP contribution is 2.32. The molecule has 0 fully saturated rings. The standard InChI is InChI=1S/C20H17FN4O3S/c1-28-15-5-3-2-4-14(15)22-19(27)24-20-23-17-16(29-20)11-25(18(17)26)10-12-6-8-13(21)9-7-12/h2-9H,10-11H2,1H3,(H2,22,23,24,27). The van der Waals surface area contributed by atoms with E-state index in [1.54, 1.807) is 41.3 Å². The Bertz CT molecular complexity index is 1070. The molecule has 3 aromatic rings. The maximum absolute atomic E-state index is 13.0. The van der Waals surface area contributed by atoms with Crippen LogP contribution in [0.25, 0.3) is 0 Å². The van der Waals surface area contributed by atoms with Gasteiger partial charge in [0.2, 0.25) is 0 Å². The van der Waals surface area contributed by atoms with Crippen molar-refractivity contribution in [1.82, 2.24) is 9.88 Å². The molecule has 0 spiro atoms. The summed E-state index contributed by atoms with van der Waals surface area (Å²) in [5.41, 5.74) is 1.70. The summed E-state index contributed by atoms with van der Waals surface area (Å²) in [5, 5.41) is 5.69. The highest BCUT2D eigenvalue weighted by Gasteiger charge is 2.32. The Labute approximate surface area is 170 Å². The third-order valence-electron chi connectivity index (χ3n) is 4.38. The zero-order valence-corrected chi connectivity index (χ0v) is 16.3. The van der Waals surface area contributed by atoms with Gasteiger partial charge in [-0.25, -0.2) is 14.2 Å². The Morgan fingerprint density at radius 2 is 1.97 bits per heavy atom. The highest BCUT2D eigenvalue weighted by molar-refractivity contribution is 7.16. The van der Waals surface area contributed by atoms with E-state index in [0.717, 1.165) is 10.4 Å². The first-order chi connectivity index (χ1) is 14.0. The second kappa shape index (κ2) is 7.88. The topological polar surface area (TPSA) is 83.6 Å². The lowest BCUT2D eigenvalue weighted by Crippen LogP contribution is -2.24. The fourth-order valence-electron chi connectivity index (χ4n) is 3.01. The lowest BCUT2D eigenvalue weighted by molar-refractivity contribution is 0.0762. The Morgan fingerprint density at radius 1 is 1.21 bits per heavy atom. The van der Waals surface area contributed by atoms with Crippen molar-refractivity contribution in [3.05, 3.63) is 70.5 Å². The van der Waals surface area contributed by atoms with Crippen LogP contribution in [-0.2, 0) is 13.1 Å². The number of nitrogens with one attached hydrogen (secondary N) is 2. The van der Waals surface area contributed by atoms with Crippen LogP contribution in [0.1, 0.15) is 20.9 Å². The van der Waals surface area contributed by atoms with Gasteiger partial charge in [0.25, 0.3) is 5.91 Å². The van der Waals surface area contributed by atoms with Crippen LogP contribution < -0.4 is 15.4 Å². The molecule has 0 radical (unpaired) electrons. The molecule has 0 bridgehead atoms. The van der Waals surface area contributed by atoms with Crippen molar-refractivity contribution in [2.24, 2.45) is 0 Å². The van der Waals surface area contributed by atoms with E-state index in [9.17, 15) is 14.0 Å². The molecular weight excluding hydrogens is 395 g/mol. The monoisotopic (exact) mass is 412 g/mol. The minimum atomic E-state index is -0.474. The molecule has 0 saturated heterocycles. The van der Waals surface area contributed by atoms with Gasteiger partial charge in [0.05, 0.1) is 24.2 Å². The molecule has 3 amide bonds. The summed E-state index contributed by atoms with van der Waals surface area (Å²) >= 11 is 1.25. The normalized spacial score (nSPS) is 12.6. The smallest absolute Gasteiger partial charge is 0.325 e. The number of fused-ring (bicyclic) bond motifs is 1. The quantitative estimate of drug-likeness (QED) is 0.661. The minimum absolute atomic E-state index is 0.209. The first-order valence-electron chi connectivity index (χ1n) is 8.78. The number of benzene rings is 2. The summed E-state index contributed by atoms with van der Waals surface area (Å²) in [6.45, 7) is 0.776. The second-order valence-corrected chi connectivity index (χ2v) is 7.44. The van der Waals surface area contributed by atoms with Crippen molar-refractivity contribution < 1.29 is 18.7 Å². The number of carbonyl (C=O) groups excluding carboxylic acids is 2. The van der Waals surface area contributed by atoms with Gasteiger partial charge in [-0.2, -0.15) is 0 Å². The summed E-state index contributed by atoms with van der Waals surface area (Å²) in [6, 6.07) is 12.6. The van der Waals surface area contributed by atoms with E-state index in [1.807, 2.05) is 0 Å². The van der Waals surface area contributed by atoms with Crippen molar-refractivity contribution >= 4 is 34.1 Å². The zero-order valence-electron chi connectivity index (χ0n) is 15.4. The number of hydrogen-bond acceptors (Lipinski definition) is 5. The predicted octanol–water partition coefficient (Wildman–Crippen LogP) is 4.09. The molecule has 0 unspecified atom stereocenters. The summed E-state index contributed by atoms with van der Waals surface area (Å²) in [7, 11) is 1.52. The van der Waals surface area contributed by atoms with Gasteiger partial charge in [0.15, 0.2) is 5.13 Å². The van der Waals surface area contributed by atoms with Crippen molar-refractivity contribution in [2.75, 3.05) is 17.7 Å². The number of hydrogen-bond donors (Lipinski definition) is 2. The van der Waals surface area contributed by atoms with Gasteiger partial charge < -0.3 is 15.0 Å². The van der Waals surface area contributed by atoms with E-state index in [2.05, 4.69) is 15.6 Å². The van der Waals surface area contributed by atoms with Gasteiger partial charge in [-0.1, -0.05) is 35.6 Å². The van der Waals surface area contributed by atoms with E-state index in [4.69, 9.17) is 4.74 Å². The highest BCUT2D eigenvalue weighted by atomic mass is 32.1. The van der Waals surface area contributed by atoms with Crippen LogP contribution in [0, 0.1) is 5.82 Å². The van der Waals surface area contributed by atoms with Crippen molar-refractivity contribution in [3.63, 3.8) is 0 Å². The Balaban J connectivity index is 1.40. The first kappa shape index (κ1) is 18.9. The van der Waals surface area contributed by atoms with Crippen LogP contribution in [-0.4, -0.2) is 28.9 Å². The third kappa shape index (κ3) is 4.04. The van der Waals surface area contributed by atoms with Crippen LogP contribution in [0.3, 0.4) is 0 Å². The lowest BCUT2D eigenvalue weighted by atomic mass is 10.2. The molecule has 2 heterocycles. The molecule has 2 aromatic carbocycles. The fourth-order valence-corrected chi connectivity index (χ4v) is 3.97. The average molecular weight is 412 g/mol. The molecule has 1 aliphatic heterocycles. The first-order valence-corrected chi connectivity index (χ1v) is 9.59. The van der Waals surface area contributed by atoms with Crippen molar-refractivity contribution in [1.29, 1.82) is 0 Å². The Morgan fingerprint density at radius 3 is 2.69 bits per heavy atom. The van der Waals surface area contributed by atoms with Gasteiger partial charge in [-0.15, -0.1) is 0 Å². The molecular formula is C20H17FN4O3S. The number of para-hydroxylation sites is 2. The molecule has 0 atom stereocenters. The van der Waals surface area contributed by atoms with Crippen LogP contribution >= 0.6 is 11.3 Å². The Kier molecular flexibility index (Phi) is 5.13. The molecule has 4 rings (SSSR count). The zero-order chi connectivity index (χ0) is 20.4. The molecule has 7 nitrogen and oxygen atoms in total. The number of amides is 3. The molecule has 148 valence electrons. The number of ether oxygens (including phenoxy) is 1. The third-order valence-corrected chi connectivity index (χ3v) is 5.34. The number of thiazole rings is 1. The molecule has 9 heteroatoms. The summed E-state index contributed by atoms with van der Waals surface area (Å²) in [4.78, 5) is 31.5. The van der Waals surface area contributed by atoms with Crippen LogP contribution in [0.4, 0.5) is 20.0 Å². The van der Waals surface area contributed by atoms with Gasteiger partial charge >= 0.3 is 6.03 Å². The van der Waals surface area contributed by atoms with E-state index < -0.39 is 6.03 Å². The van der Waals surface area contributed by atoms with E-state index in [1.165, 1.54) is 30.6 Å². The number of aromatic nitrogens is 1. The SMILES string of the molecule is COc1ccccc1NC(=O)Nc1nc2c(s1)CN(Cc1ccc(F)cc1)C2=O. The number of rotatable bonds is 5. The number of halogens is 1. The number of anilines is 2. The van der Waals surface area contributed by atoms with Crippen LogP contribution in [0.5, 0.6) is 5.75 Å². The molecule has 1 aliphatic rings. The van der Waals surface area contributed by atoms with Crippen molar-refractivity contribution in [3.8, 4) is 5.75 Å². The summed E-state index contributed by atoms with van der Waals surface area (Å²) < 4.78 is 18.2. The molecule has 0 saturated carbocycles. The molecule has 1 aromatic heterocycles. The average Bonchev–Trinajstić information content (AvgIpc) is 3.22. The Hall–Kier alpha value is -3.46. The van der Waals surface area contributed by atoms with Gasteiger partial charge in [-0.05, 0) is 29.8 Å². The molecule has 0 aliphatic carbocycles. The van der Waals surface area contributed by atoms with E-state index in [0.29, 0.717) is 35.4 Å². The predicted molar refractivity (Wildman–Crippen MR) is 108 cm³/mol. The van der Waals surface area contributed by atoms with Gasteiger partial charge in [0, 0.05) is 6.54 Å². The molecule has 29 heavy (non-hydrogen) atoms. The van der Waals surface area contributed by atoms with Crippen molar-refractivity contribution in [2.45, 2.75) is 13.1 Å². The summed E-state index contributed by atoms with van der Waals surface area (Å²) in [5.74, 6) is 0.0130. The number of urea groups is 1. The molecule has 2 N–H and O–H groups in total. The largest absolute Gasteiger partial charge is 0.495 e. The lowest BCUT2D eigenvalue weighted by Gasteiger charge is -2.15. The number of methoxy groups -OCH3 is 1. The van der Waals surface area contributed by atoms with E-state index in [-0.39, 0.29) is 11.7 Å². The summed E-state index contributed by atoms with van der Waals surface area (Å²) in [6.07, 6.45) is 0. The van der Waals surface area contributed by atoms with Crippen LogP contribution in [0.15, 0.2) is 48.5 Å². The van der Waals surface area contributed by atoms with Gasteiger partial charge in [-0.3, -0.25) is 10.1 Å². The maximum Gasteiger partial charge on any atom is 0.325 e.